The number of amides is 2. The first-order valence-corrected chi connectivity index (χ1v) is 6.23. The van der Waals surface area contributed by atoms with E-state index in [1.165, 1.54) is 17.1 Å². The Kier molecular flexibility index (Phi) is 3.94. The number of ether oxygens (including phenoxy) is 1. The fourth-order valence-corrected chi connectivity index (χ4v) is 2.69. The lowest BCUT2D eigenvalue weighted by atomic mass is 9.82. The predicted molar refractivity (Wildman–Crippen MR) is 63.2 cm³/mol. The van der Waals surface area contributed by atoms with Gasteiger partial charge >= 0.3 is 0 Å². The summed E-state index contributed by atoms with van der Waals surface area (Å²) in [6, 6.07) is 0. The lowest BCUT2D eigenvalue weighted by Crippen LogP contribution is -2.36. The van der Waals surface area contributed by atoms with Gasteiger partial charge < -0.3 is 4.74 Å². The summed E-state index contributed by atoms with van der Waals surface area (Å²) >= 11 is 0. The van der Waals surface area contributed by atoms with Crippen LogP contribution in [0, 0.1) is 11.8 Å². The number of carbonyl (C=O) groups is 2. The van der Waals surface area contributed by atoms with E-state index in [0.29, 0.717) is 18.4 Å². The summed E-state index contributed by atoms with van der Waals surface area (Å²) in [5.74, 6) is 0.804. The predicted octanol–water partition coefficient (Wildman–Crippen LogP) is 1.36. The highest BCUT2D eigenvalue weighted by atomic mass is 16.5. The Morgan fingerprint density at radius 3 is 2.18 bits per heavy atom. The average Bonchev–Trinajstić information content (AvgIpc) is 2.64. The number of nitrogens with zero attached hydrogens (tertiary/aromatic N) is 1. The molecule has 0 aromatic rings. The minimum Gasteiger partial charge on any atom is -0.384 e. The molecule has 1 heterocycles. The quantitative estimate of drug-likeness (QED) is 0.694. The molecule has 0 spiro atoms. The third kappa shape index (κ3) is 2.94. The number of carbonyl (C=O) groups excluding carboxylic acids is 2. The van der Waals surface area contributed by atoms with Crippen LogP contribution in [-0.2, 0) is 14.3 Å². The zero-order chi connectivity index (χ0) is 12.3. The molecule has 94 valence electrons. The second-order valence-electron chi connectivity index (χ2n) is 4.96. The number of methoxy groups -OCH3 is 1. The van der Waals surface area contributed by atoms with E-state index in [4.69, 9.17) is 4.74 Å². The standard InChI is InChI=1S/C13H19NO3/c1-17-9-11-4-2-10(3-5-11)8-14-12(15)6-7-13(14)16/h6-7,10-11H,2-5,8-9H2,1H3. The average molecular weight is 237 g/mol. The van der Waals surface area contributed by atoms with Crippen molar-refractivity contribution in [3.63, 3.8) is 0 Å². The van der Waals surface area contributed by atoms with Gasteiger partial charge in [0.05, 0.1) is 0 Å². The van der Waals surface area contributed by atoms with E-state index in [9.17, 15) is 9.59 Å². The van der Waals surface area contributed by atoms with Crippen LogP contribution < -0.4 is 0 Å². The van der Waals surface area contributed by atoms with Crippen LogP contribution in [0.1, 0.15) is 25.7 Å². The molecular weight excluding hydrogens is 218 g/mol. The van der Waals surface area contributed by atoms with Crippen LogP contribution >= 0.6 is 0 Å². The first-order valence-electron chi connectivity index (χ1n) is 6.23. The van der Waals surface area contributed by atoms with Crippen LogP contribution in [-0.4, -0.2) is 37.0 Å². The van der Waals surface area contributed by atoms with Crippen molar-refractivity contribution in [2.24, 2.45) is 11.8 Å². The van der Waals surface area contributed by atoms with Crippen molar-refractivity contribution in [1.82, 2.24) is 4.90 Å². The third-order valence-corrected chi connectivity index (χ3v) is 3.71. The summed E-state index contributed by atoms with van der Waals surface area (Å²) in [6.45, 7) is 1.42. The van der Waals surface area contributed by atoms with Crippen molar-refractivity contribution in [1.29, 1.82) is 0 Å². The summed E-state index contributed by atoms with van der Waals surface area (Å²) in [4.78, 5) is 24.2. The highest BCUT2D eigenvalue weighted by Gasteiger charge is 2.28. The zero-order valence-corrected chi connectivity index (χ0v) is 10.2. The Bertz CT molecular complexity index is 312. The number of imide groups is 1. The Hall–Kier alpha value is -1.16. The first kappa shape index (κ1) is 12.3. The molecule has 1 fully saturated rings. The van der Waals surface area contributed by atoms with E-state index in [2.05, 4.69) is 0 Å². The molecule has 0 aromatic heterocycles. The van der Waals surface area contributed by atoms with Gasteiger partial charge in [-0.2, -0.15) is 0 Å². The molecule has 2 aliphatic rings. The van der Waals surface area contributed by atoms with E-state index >= 15 is 0 Å². The van der Waals surface area contributed by atoms with Crippen LogP contribution in [0.25, 0.3) is 0 Å². The van der Waals surface area contributed by atoms with Gasteiger partial charge in [0.15, 0.2) is 0 Å². The van der Waals surface area contributed by atoms with Gasteiger partial charge in [-0.1, -0.05) is 0 Å². The van der Waals surface area contributed by atoms with Crippen molar-refractivity contribution in [3.8, 4) is 0 Å². The fourth-order valence-electron chi connectivity index (χ4n) is 2.69. The molecule has 0 N–H and O–H groups in total. The van der Waals surface area contributed by atoms with Crippen molar-refractivity contribution in [2.75, 3.05) is 20.3 Å². The summed E-state index contributed by atoms with van der Waals surface area (Å²) in [5, 5.41) is 0. The first-order chi connectivity index (χ1) is 8.20. The Balaban J connectivity index is 1.78. The topological polar surface area (TPSA) is 46.6 Å². The van der Waals surface area contributed by atoms with Crippen LogP contribution in [0.4, 0.5) is 0 Å². The smallest absolute Gasteiger partial charge is 0.253 e. The van der Waals surface area contributed by atoms with Crippen molar-refractivity contribution in [3.05, 3.63) is 12.2 Å². The molecule has 4 nitrogen and oxygen atoms in total. The van der Waals surface area contributed by atoms with Gasteiger partial charge in [-0.3, -0.25) is 14.5 Å². The summed E-state index contributed by atoms with van der Waals surface area (Å²) in [6.07, 6.45) is 7.18. The number of rotatable bonds is 4. The van der Waals surface area contributed by atoms with E-state index < -0.39 is 0 Å². The number of hydrogen-bond acceptors (Lipinski definition) is 3. The molecule has 0 unspecified atom stereocenters. The molecule has 2 amide bonds. The SMILES string of the molecule is COCC1CCC(CN2C(=O)C=CC2=O)CC1. The van der Waals surface area contributed by atoms with E-state index in [1.807, 2.05) is 0 Å². The molecular formula is C13H19NO3. The molecule has 4 heteroatoms. The maximum absolute atomic E-state index is 11.4. The molecule has 0 radical (unpaired) electrons. The highest BCUT2D eigenvalue weighted by molar-refractivity contribution is 6.12. The molecule has 1 saturated carbocycles. The summed E-state index contributed by atoms with van der Waals surface area (Å²) < 4.78 is 5.16. The van der Waals surface area contributed by atoms with Gasteiger partial charge in [0, 0.05) is 32.4 Å². The van der Waals surface area contributed by atoms with Crippen LogP contribution in [0.5, 0.6) is 0 Å². The summed E-state index contributed by atoms with van der Waals surface area (Å²) in [7, 11) is 1.74. The monoisotopic (exact) mass is 237 g/mol. The highest BCUT2D eigenvalue weighted by Crippen LogP contribution is 2.29. The number of hydrogen-bond donors (Lipinski definition) is 0. The maximum Gasteiger partial charge on any atom is 0.253 e. The molecule has 1 aliphatic carbocycles. The molecule has 17 heavy (non-hydrogen) atoms. The van der Waals surface area contributed by atoms with Gasteiger partial charge in [-0.05, 0) is 37.5 Å². The summed E-state index contributed by atoms with van der Waals surface area (Å²) in [5.41, 5.74) is 0. The van der Waals surface area contributed by atoms with Crippen LogP contribution in [0.15, 0.2) is 12.2 Å². The van der Waals surface area contributed by atoms with Gasteiger partial charge in [-0.15, -0.1) is 0 Å². The third-order valence-electron chi connectivity index (χ3n) is 3.71. The Morgan fingerprint density at radius 2 is 1.65 bits per heavy atom. The van der Waals surface area contributed by atoms with Crippen molar-refractivity contribution in [2.45, 2.75) is 25.7 Å². The lowest BCUT2D eigenvalue weighted by molar-refractivity contribution is -0.137. The van der Waals surface area contributed by atoms with E-state index in [-0.39, 0.29) is 11.8 Å². The van der Waals surface area contributed by atoms with Gasteiger partial charge in [0.25, 0.3) is 11.8 Å². The van der Waals surface area contributed by atoms with Gasteiger partial charge in [0.2, 0.25) is 0 Å². The van der Waals surface area contributed by atoms with Gasteiger partial charge in [0.1, 0.15) is 0 Å². The fraction of sp³-hybridized carbons (Fsp3) is 0.692. The minimum atomic E-state index is -0.158. The van der Waals surface area contributed by atoms with Crippen LogP contribution in [0.2, 0.25) is 0 Å². The normalized spacial score (nSPS) is 29.1. The Morgan fingerprint density at radius 1 is 1.12 bits per heavy atom. The van der Waals surface area contributed by atoms with Crippen molar-refractivity contribution < 1.29 is 14.3 Å². The molecule has 2 rings (SSSR count). The maximum atomic E-state index is 11.4. The molecule has 0 bridgehead atoms. The zero-order valence-electron chi connectivity index (χ0n) is 10.2. The molecule has 0 atom stereocenters. The van der Waals surface area contributed by atoms with Crippen molar-refractivity contribution >= 4 is 11.8 Å². The second-order valence-corrected chi connectivity index (χ2v) is 4.96. The Labute approximate surface area is 102 Å². The second kappa shape index (κ2) is 5.45. The van der Waals surface area contributed by atoms with Crippen LogP contribution in [0.3, 0.4) is 0 Å². The molecule has 1 aliphatic heterocycles. The van der Waals surface area contributed by atoms with Gasteiger partial charge in [-0.25, -0.2) is 0 Å². The lowest BCUT2D eigenvalue weighted by Gasteiger charge is -2.30. The largest absolute Gasteiger partial charge is 0.384 e. The van der Waals surface area contributed by atoms with E-state index in [0.717, 1.165) is 32.3 Å². The van der Waals surface area contributed by atoms with E-state index in [1.54, 1.807) is 7.11 Å². The molecule has 0 aromatic carbocycles. The minimum absolute atomic E-state index is 0.158. The molecule has 0 saturated heterocycles.